The minimum absolute atomic E-state index is 0.0975. The van der Waals surface area contributed by atoms with E-state index in [9.17, 15) is 8.42 Å². The second-order valence-electron chi connectivity index (χ2n) is 5.10. The summed E-state index contributed by atoms with van der Waals surface area (Å²) in [5, 5.41) is 9.08. The number of anilines is 1. The summed E-state index contributed by atoms with van der Waals surface area (Å²) in [6.07, 6.45) is 0. The van der Waals surface area contributed by atoms with Crippen LogP contribution in [0.2, 0.25) is 0 Å². The van der Waals surface area contributed by atoms with Crippen LogP contribution in [0.1, 0.15) is 44.1 Å². The summed E-state index contributed by atoms with van der Waals surface area (Å²) >= 11 is 1.30. The van der Waals surface area contributed by atoms with E-state index in [0.29, 0.717) is 5.13 Å². The van der Waals surface area contributed by atoms with Crippen molar-refractivity contribution in [1.29, 1.82) is 0 Å². The fourth-order valence-electron chi connectivity index (χ4n) is 1.76. The third-order valence-corrected chi connectivity index (χ3v) is 4.56. The van der Waals surface area contributed by atoms with Gasteiger partial charge in [-0.3, -0.25) is 0 Å². The number of aromatic nitrogens is 2. The molecule has 114 valence electrons. The lowest BCUT2D eigenvalue weighted by Gasteiger charge is -2.13. The maximum Gasteiger partial charge on any atom is 0.238 e. The van der Waals surface area contributed by atoms with E-state index >= 15 is 0 Å². The molecule has 6 nitrogen and oxygen atoms in total. The smallest absolute Gasteiger partial charge is 0.238 e. The number of primary sulfonamides is 1. The summed E-state index contributed by atoms with van der Waals surface area (Å²) in [5.74, 6) is 1.07. The van der Waals surface area contributed by atoms with Crippen molar-refractivity contribution < 1.29 is 8.42 Å². The Labute approximate surface area is 128 Å². The molecule has 0 saturated heterocycles. The molecule has 21 heavy (non-hydrogen) atoms. The number of rotatable bonds is 5. The van der Waals surface area contributed by atoms with E-state index in [0.717, 1.165) is 11.4 Å². The zero-order valence-corrected chi connectivity index (χ0v) is 13.7. The van der Waals surface area contributed by atoms with E-state index in [2.05, 4.69) is 14.7 Å². The number of nitrogens with zero attached hydrogens (tertiary/aromatic N) is 2. The first kappa shape index (κ1) is 15.9. The van der Waals surface area contributed by atoms with Crippen LogP contribution in [0, 0.1) is 0 Å². The maximum atomic E-state index is 11.4. The SMILES string of the molecule is CC(C)c1nsc(NC(C)c2cccc(S(N)(=O)=O)c2)n1. The normalized spacial score (nSPS) is 13.4. The van der Waals surface area contributed by atoms with Crippen LogP contribution in [0.25, 0.3) is 0 Å². The molecular formula is C13H18N4O2S2. The fourth-order valence-corrected chi connectivity index (χ4v) is 3.12. The van der Waals surface area contributed by atoms with Crippen LogP contribution in [0.5, 0.6) is 0 Å². The second-order valence-corrected chi connectivity index (χ2v) is 7.41. The molecule has 1 unspecified atom stereocenters. The molecule has 1 atom stereocenters. The number of hydrogen-bond donors (Lipinski definition) is 2. The van der Waals surface area contributed by atoms with Crippen LogP contribution in [-0.4, -0.2) is 17.8 Å². The van der Waals surface area contributed by atoms with Crippen molar-refractivity contribution in [2.24, 2.45) is 5.14 Å². The Morgan fingerprint density at radius 1 is 1.29 bits per heavy atom. The van der Waals surface area contributed by atoms with Gasteiger partial charge >= 0.3 is 0 Å². The van der Waals surface area contributed by atoms with Crippen LogP contribution in [0.3, 0.4) is 0 Å². The number of nitrogens with one attached hydrogen (secondary N) is 1. The van der Waals surface area contributed by atoms with Crippen molar-refractivity contribution >= 4 is 26.7 Å². The fraction of sp³-hybridized carbons (Fsp3) is 0.385. The van der Waals surface area contributed by atoms with Gasteiger partial charge in [-0.1, -0.05) is 26.0 Å². The highest BCUT2D eigenvalue weighted by Crippen LogP contribution is 2.24. The van der Waals surface area contributed by atoms with Gasteiger partial charge in [0, 0.05) is 17.5 Å². The van der Waals surface area contributed by atoms with Gasteiger partial charge in [-0.15, -0.1) is 0 Å². The molecule has 2 aromatic rings. The van der Waals surface area contributed by atoms with E-state index in [1.54, 1.807) is 12.1 Å². The summed E-state index contributed by atoms with van der Waals surface area (Å²) in [7, 11) is -3.69. The molecule has 0 amide bonds. The molecule has 2 rings (SSSR count). The molecule has 3 N–H and O–H groups in total. The Morgan fingerprint density at radius 3 is 2.57 bits per heavy atom. The van der Waals surface area contributed by atoms with Gasteiger partial charge in [-0.05, 0) is 24.6 Å². The van der Waals surface area contributed by atoms with Crippen LogP contribution in [0.15, 0.2) is 29.2 Å². The Kier molecular flexibility index (Phi) is 4.60. The van der Waals surface area contributed by atoms with Crippen LogP contribution >= 0.6 is 11.5 Å². The van der Waals surface area contributed by atoms with E-state index in [4.69, 9.17) is 5.14 Å². The molecule has 0 aliphatic carbocycles. The molecule has 0 aliphatic heterocycles. The zero-order chi connectivity index (χ0) is 15.6. The highest BCUT2D eigenvalue weighted by atomic mass is 32.2. The molecule has 8 heteroatoms. The zero-order valence-electron chi connectivity index (χ0n) is 12.1. The largest absolute Gasteiger partial charge is 0.354 e. The Balaban J connectivity index is 2.18. The molecule has 1 heterocycles. The second kappa shape index (κ2) is 6.08. The number of hydrogen-bond acceptors (Lipinski definition) is 6. The summed E-state index contributed by atoms with van der Waals surface area (Å²) in [5.41, 5.74) is 0.822. The van der Waals surface area contributed by atoms with Crippen molar-refractivity contribution in [3.8, 4) is 0 Å². The summed E-state index contributed by atoms with van der Waals surface area (Å²) in [6.45, 7) is 5.99. The topological polar surface area (TPSA) is 98.0 Å². The van der Waals surface area contributed by atoms with Gasteiger partial charge in [-0.2, -0.15) is 4.37 Å². The molecule has 0 fully saturated rings. The summed E-state index contributed by atoms with van der Waals surface area (Å²) < 4.78 is 27.0. The molecule has 0 aliphatic rings. The Hall–Kier alpha value is -1.51. The molecule has 0 radical (unpaired) electrons. The number of sulfonamides is 1. The van der Waals surface area contributed by atoms with Crippen molar-refractivity contribution in [2.75, 3.05) is 5.32 Å². The monoisotopic (exact) mass is 326 g/mol. The lowest BCUT2D eigenvalue weighted by Crippen LogP contribution is -2.13. The van der Waals surface area contributed by atoms with Gasteiger partial charge in [0.2, 0.25) is 15.2 Å². The van der Waals surface area contributed by atoms with Gasteiger partial charge in [0.1, 0.15) is 5.82 Å². The van der Waals surface area contributed by atoms with Crippen LogP contribution in [-0.2, 0) is 10.0 Å². The first-order valence-corrected chi connectivity index (χ1v) is 8.82. The highest BCUT2D eigenvalue weighted by molar-refractivity contribution is 7.89. The Morgan fingerprint density at radius 2 is 2.00 bits per heavy atom. The third kappa shape index (κ3) is 3.99. The van der Waals surface area contributed by atoms with Crippen LogP contribution < -0.4 is 10.5 Å². The average molecular weight is 326 g/mol. The molecule has 0 spiro atoms. The summed E-state index contributed by atoms with van der Waals surface area (Å²) in [6, 6.07) is 6.47. The van der Waals surface area contributed by atoms with E-state index in [1.807, 2.05) is 26.8 Å². The molecule has 1 aromatic carbocycles. The van der Waals surface area contributed by atoms with Gasteiger partial charge in [0.25, 0.3) is 0 Å². The van der Waals surface area contributed by atoms with Crippen molar-refractivity contribution in [3.63, 3.8) is 0 Å². The standard InChI is InChI=1S/C13H18N4O2S2/c1-8(2)12-16-13(20-17-12)15-9(3)10-5-4-6-11(7-10)21(14,18)19/h4-9H,1-3H3,(H2,14,18,19)(H,15,16,17). The minimum Gasteiger partial charge on any atom is -0.354 e. The van der Waals surface area contributed by atoms with Gasteiger partial charge in [0.05, 0.1) is 10.9 Å². The number of nitrogens with two attached hydrogens (primary N) is 1. The first-order chi connectivity index (χ1) is 9.77. The lowest BCUT2D eigenvalue weighted by atomic mass is 10.1. The van der Waals surface area contributed by atoms with E-state index in [-0.39, 0.29) is 16.9 Å². The van der Waals surface area contributed by atoms with Gasteiger partial charge < -0.3 is 5.32 Å². The Bertz CT molecular complexity index is 725. The quantitative estimate of drug-likeness (QED) is 0.879. The average Bonchev–Trinajstić information content (AvgIpc) is 2.86. The van der Waals surface area contributed by atoms with Gasteiger partial charge in [-0.25, -0.2) is 18.5 Å². The molecule has 1 aromatic heterocycles. The number of benzene rings is 1. The first-order valence-electron chi connectivity index (χ1n) is 6.50. The van der Waals surface area contributed by atoms with Crippen molar-refractivity contribution in [3.05, 3.63) is 35.7 Å². The minimum atomic E-state index is -3.69. The maximum absolute atomic E-state index is 11.4. The molecular weight excluding hydrogens is 308 g/mol. The van der Waals surface area contributed by atoms with Crippen LogP contribution in [0.4, 0.5) is 5.13 Å². The van der Waals surface area contributed by atoms with Crippen molar-refractivity contribution in [1.82, 2.24) is 9.36 Å². The van der Waals surface area contributed by atoms with E-state index in [1.165, 1.54) is 17.6 Å². The lowest BCUT2D eigenvalue weighted by molar-refractivity contribution is 0.597. The van der Waals surface area contributed by atoms with E-state index < -0.39 is 10.0 Å². The van der Waals surface area contributed by atoms with Crippen molar-refractivity contribution in [2.45, 2.75) is 37.6 Å². The molecule has 0 bridgehead atoms. The van der Waals surface area contributed by atoms with Gasteiger partial charge in [0.15, 0.2) is 0 Å². The molecule has 0 saturated carbocycles. The summed E-state index contributed by atoms with van der Waals surface area (Å²) in [4.78, 5) is 4.51. The highest BCUT2D eigenvalue weighted by Gasteiger charge is 2.14. The third-order valence-electron chi connectivity index (χ3n) is 2.98. The predicted molar refractivity (Wildman–Crippen MR) is 83.9 cm³/mol. The predicted octanol–water partition coefficient (Wildman–Crippen LogP) is 2.48.